The lowest BCUT2D eigenvalue weighted by atomic mass is 10.3. The number of amides is 1. The van der Waals surface area contributed by atoms with Crippen LogP contribution in [0.5, 0.6) is 0 Å². The van der Waals surface area contributed by atoms with Crippen LogP contribution in [-0.2, 0) is 14.4 Å². The van der Waals surface area contributed by atoms with Crippen molar-refractivity contribution in [3.63, 3.8) is 0 Å². The van der Waals surface area contributed by atoms with Gasteiger partial charge in [-0.15, -0.1) is 0 Å². The Balaban J connectivity index is 2.00. The van der Waals surface area contributed by atoms with Crippen molar-refractivity contribution in [2.24, 2.45) is 0 Å². The van der Waals surface area contributed by atoms with E-state index in [1.54, 1.807) is 14.0 Å². The molecule has 5 heteroatoms. The number of rotatable bonds is 7. The molecule has 0 aromatic rings. The van der Waals surface area contributed by atoms with E-state index in [1.807, 2.05) is 0 Å². The van der Waals surface area contributed by atoms with E-state index in [-0.39, 0.29) is 11.9 Å². The van der Waals surface area contributed by atoms with Crippen molar-refractivity contribution in [2.75, 3.05) is 20.3 Å². The number of hydrogen-bond donors (Lipinski definition) is 2. The molecule has 0 aromatic carbocycles. The molecule has 1 unspecified atom stereocenters. The van der Waals surface area contributed by atoms with Gasteiger partial charge in [-0.1, -0.05) is 0 Å². The molecule has 14 heavy (non-hydrogen) atoms. The van der Waals surface area contributed by atoms with Gasteiger partial charge in [0, 0.05) is 13.2 Å². The quantitative estimate of drug-likeness (QED) is 0.444. The van der Waals surface area contributed by atoms with Crippen LogP contribution < -0.4 is 10.8 Å². The van der Waals surface area contributed by atoms with Gasteiger partial charge in [-0.2, -0.15) is 5.48 Å². The van der Waals surface area contributed by atoms with Gasteiger partial charge >= 0.3 is 0 Å². The molecule has 1 aliphatic rings. The number of ether oxygens (including phenoxy) is 1. The van der Waals surface area contributed by atoms with Crippen molar-refractivity contribution in [3.8, 4) is 0 Å². The lowest BCUT2D eigenvalue weighted by Crippen LogP contribution is -2.43. The molecular formula is C9H18N2O3. The highest BCUT2D eigenvalue weighted by Crippen LogP contribution is 2.18. The van der Waals surface area contributed by atoms with Crippen LogP contribution in [0.25, 0.3) is 0 Å². The molecule has 82 valence electrons. The molecule has 0 bridgehead atoms. The smallest absolute Gasteiger partial charge is 0.239 e. The monoisotopic (exact) mass is 202 g/mol. The van der Waals surface area contributed by atoms with E-state index in [4.69, 9.17) is 9.57 Å². The third-order valence-corrected chi connectivity index (χ3v) is 1.97. The van der Waals surface area contributed by atoms with E-state index in [1.165, 1.54) is 0 Å². The Hall–Kier alpha value is -0.650. The van der Waals surface area contributed by atoms with Crippen molar-refractivity contribution in [1.82, 2.24) is 10.8 Å². The molecule has 0 radical (unpaired) electrons. The Morgan fingerprint density at radius 1 is 1.50 bits per heavy atom. The predicted octanol–water partition coefficient (Wildman–Crippen LogP) is -0.179. The Kier molecular flexibility index (Phi) is 4.86. The fourth-order valence-corrected chi connectivity index (χ4v) is 0.916. The zero-order valence-corrected chi connectivity index (χ0v) is 8.71. The van der Waals surface area contributed by atoms with E-state index < -0.39 is 0 Å². The average Bonchev–Trinajstić information content (AvgIpc) is 2.96. The van der Waals surface area contributed by atoms with Crippen molar-refractivity contribution in [2.45, 2.75) is 31.8 Å². The Labute approximate surface area is 84.1 Å². The maximum atomic E-state index is 11.4. The van der Waals surface area contributed by atoms with Crippen LogP contribution in [-0.4, -0.2) is 38.3 Å². The second-order valence-electron chi connectivity index (χ2n) is 3.46. The summed E-state index contributed by atoms with van der Waals surface area (Å²) in [6, 6.07) is 0.0816. The molecule has 0 spiro atoms. The molecule has 2 N–H and O–H groups in total. The maximum absolute atomic E-state index is 11.4. The van der Waals surface area contributed by atoms with Gasteiger partial charge in [0.15, 0.2) is 0 Å². The summed E-state index contributed by atoms with van der Waals surface area (Å²) in [7, 11) is 1.60. The minimum Gasteiger partial charge on any atom is -0.382 e. The van der Waals surface area contributed by atoms with Crippen molar-refractivity contribution in [1.29, 1.82) is 0 Å². The van der Waals surface area contributed by atoms with E-state index in [9.17, 15) is 4.79 Å². The maximum Gasteiger partial charge on any atom is 0.239 e. The van der Waals surface area contributed by atoms with E-state index in [2.05, 4.69) is 10.8 Å². The summed E-state index contributed by atoms with van der Waals surface area (Å²) >= 11 is 0. The molecule has 0 saturated heterocycles. The zero-order chi connectivity index (χ0) is 10.4. The minimum atomic E-state index is -0.313. The van der Waals surface area contributed by atoms with Crippen molar-refractivity contribution in [3.05, 3.63) is 0 Å². The van der Waals surface area contributed by atoms with Crippen LogP contribution in [0.1, 0.15) is 19.8 Å². The lowest BCUT2D eigenvalue weighted by Gasteiger charge is -2.13. The SMILES string of the molecule is COCCONC(C)C(=O)NC1CC1. The highest BCUT2D eigenvalue weighted by molar-refractivity contribution is 5.81. The molecule has 1 atom stereocenters. The lowest BCUT2D eigenvalue weighted by molar-refractivity contribution is -0.127. The van der Waals surface area contributed by atoms with E-state index >= 15 is 0 Å². The zero-order valence-electron chi connectivity index (χ0n) is 8.71. The number of methoxy groups -OCH3 is 1. The number of carbonyl (C=O) groups excluding carboxylic acids is 1. The van der Waals surface area contributed by atoms with Crippen LogP contribution in [0.4, 0.5) is 0 Å². The van der Waals surface area contributed by atoms with Gasteiger partial charge in [-0.3, -0.25) is 9.63 Å². The first-order valence-corrected chi connectivity index (χ1v) is 4.90. The summed E-state index contributed by atoms with van der Waals surface area (Å²) in [5.74, 6) is -0.00934. The Bertz CT molecular complexity index is 183. The third-order valence-electron chi connectivity index (χ3n) is 1.97. The van der Waals surface area contributed by atoms with Crippen LogP contribution in [0, 0.1) is 0 Å². The van der Waals surface area contributed by atoms with Gasteiger partial charge in [0.25, 0.3) is 0 Å². The molecule has 5 nitrogen and oxygen atoms in total. The number of carbonyl (C=O) groups is 1. The molecule has 1 saturated carbocycles. The first-order chi connectivity index (χ1) is 6.74. The normalized spacial score (nSPS) is 17.9. The third kappa shape index (κ3) is 4.55. The Morgan fingerprint density at radius 2 is 2.21 bits per heavy atom. The summed E-state index contributed by atoms with van der Waals surface area (Å²) in [5.41, 5.74) is 2.66. The first-order valence-electron chi connectivity index (χ1n) is 4.90. The number of hydrogen-bond acceptors (Lipinski definition) is 4. The highest BCUT2D eigenvalue weighted by atomic mass is 16.7. The summed E-state index contributed by atoms with van der Waals surface area (Å²) in [5, 5.41) is 2.88. The van der Waals surface area contributed by atoms with Gasteiger partial charge in [0.05, 0.1) is 13.2 Å². The second kappa shape index (κ2) is 5.95. The van der Waals surface area contributed by atoms with Gasteiger partial charge < -0.3 is 10.1 Å². The van der Waals surface area contributed by atoms with Gasteiger partial charge in [0.2, 0.25) is 5.91 Å². The van der Waals surface area contributed by atoms with Crippen LogP contribution >= 0.6 is 0 Å². The van der Waals surface area contributed by atoms with Crippen LogP contribution in [0.15, 0.2) is 0 Å². The summed E-state index contributed by atoms with van der Waals surface area (Å²) in [6.07, 6.45) is 2.20. The topological polar surface area (TPSA) is 59.6 Å². The molecule has 0 aromatic heterocycles. The summed E-state index contributed by atoms with van der Waals surface area (Å²) in [4.78, 5) is 16.4. The van der Waals surface area contributed by atoms with E-state index in [0.717, 1.165) is 12.8 Å². The molecule has 0 aliphatic heterocycles. The van der Waals surface area contributed by atoms with E-state index in [0.29, 0.717) is 19.3 Å². The highest BCUT2D eigenvalue weighted by Gasteiger charge is 2.25. The molecule has 1 rings (SSSR count). The van der Waals surface area contributed by atoms with Crippen LogP contribution in [0.2, 0.25) is 0 Å². The molecule has 1 amide bonds. The standard InChI is InChI=1S/C9H18N2O3/c1-7(11-14-6-5-13-2)9(12)10-8-3-4-8/h7-8,11H,3-6H2,1-2H3,(H,10,12). The second-order valence-corrected chi connectivity index (χ2v) is 3.46. The fraction of sp³-hybridized carbons (Fsp3) is 0.889. The van der Waals surface area contributed by atoms with Crippen molar-refractivity contribution >= 4 is 5.91 Å². The van der Waals surface area contributed by atoms with Crippen molar-refractivity contribution < 1.29 is 14.4 Å². The van der Waals surface area contributed by atoms with Gasteiger partial charge in [-0.25, -0.2) is 0 Å². The first kappa shape index (κ1) is 11.4. The Morgan fingerprint density at radius 3 is 2.79 bits per heavy atom. The molecule has 1 fully saturated rings. The fourth-order valence-electron chi connectivity index (χ4n) is 0.916. The predicted molar refractivity (Wildman–Crippen MR) is 51.6 cm³/mol. The van der Waals surface area contributed by atoms with Gasteiger partial charge in [0.1, 0.15) is 6.04 Å². The largest absolute Gasteiger partial charge is 0.382 e. The number of nitrogens with one attached hydrogen (secondary N) is 2. The van der Waals surface area contributed by atoms with Crippen LogP contribution in [0.3, 0.4) is 0 Å². The summed E-state index contributed by atoms with van der Waals surface area (Å²) in [6.45, 7) is 2.73. The molecule has 1 aliphatic carbocycles. The molecule has 0 heterocycles. The van der Waals surface area contributed by atoms with Gasteiger partial charge in [-0.05, 0) is 19.8 Å². The molecular weight excluding hydrogens is 184 g/mol. The summed E-state index contributed by atoms with van der Waals surface area (Å²) < 4.78 is 4.79. The number of hydroxylamine groups is 1. The average molecular weight is 202 g/mol. The minimum absolute atomic E-state index is 0.00934.